The zero-order chi connectivity index (χ0) is 10.1. The molecule has 0 saturated carbocycles. The Bertz CT molecular complexity index is 298. The van der Waals surface area contributed by atoms with E-state index in [-0.39, 0.29) is 0 Å². The van der Waals surface area contributed by atoms with Gasteiger partial charge in [0.15, 0.2) is 0 Å². The summed E-state index contributed by atoms with van der Waals surface area (Å²) in [4.78, 5) is 0. The highest BCUT2D eigenvalue weighted by Gasteiger charge is 2.24. The third kappa shape index (κ3) is 1.95. The molecule has 3 aliphatic carbocycles. The molecule has 2 atom stereocenters. The van der Waals surface area contributed by atoms with Gasteiger partial charge in [-0.05, 0) is 56.8 Å². The van der Waals surface area contributed by atoms with E-state index >= 15 is 0 Å². The van der Waals surface area contributed by atoms with Crippen LogP contribution < -0.4 is 0 Å². The van der Waals surface area contributed by atoms with Gasteiger partial charge >= 0.3 is 0 Å². The van der Waals surface area contributed by atoms with Crippen LogP contribution >= 0.6 is 0 Å². The van der Waals surface area contributed by atoms with Crippen LogP contribution in [0.5, 0.6) is 0 Å². The van der Waals surface area contributed by atoms with Crippen LogP contribution in [0.25, 0.3) is 0 Å². The van der Waals surface area contributed by atoms with Gasteiger partial charge in [0.05, 0.1) is 0 Å². The van der Waals surface area contributed by atoms with Gasteiger partial charge in [-0.15, -0.1) is 0 Å². The minimum absolute atomic E-state index is 0.829. The molecule has 0 amide bonds. The van der Waals surface area contributed by atoms with Crippen LogP contribution in [-0.2, 0) is 0 Å². The Morgan fingerprint density at radius 3 is 1.87 bits per heavy atom. The maximum Gasteiger partial charge on any atom is -0.0187 e. The van der Waals surface area contributed by atoms with E-state index in [4.69, 9.17) is 0 Å². The maximum atomic E-state index is 2.43. The molecule has 80 valence electrons. The van der Waals surface area contributed by atoms with Crippen LogP contribution in [0.1, 0.15) is 44.9 Å². The highest BCUT2D eigenvalue weighted by atomic mass is 14.3. The normalized spacial score (nSPS) is 34.7. The summed E-state index contributed by atoms with van der Waals surface area (Å²) in [7, 11) is 0. The first-order valence-corrected chi connectivity index (χ1v) is 6.46. The molecule has 0 aromatic carbocycles. The van der Waals surface area contributed by atoms with Crippen molar-refractivity contribution in [1.82, 2.24) is 0 Å². The molecule has 3 rings (SSSR count). The van der Waals surface area contributed by atoms with Crippen molar-refractivity contribution >= 4 is 0 Å². The molecule has 3 aliphatic rings. The minimum atomic E-state index is 0.829. The van der Waals surface area contributed by atoms with Crippen molar-refractivity contribution in [1.29, 1.82) is 0 Å². The van der Waals surface area contributed by atoms with E-state index in [1.54, 1.807) is 0 Å². The van der Waals surface area contributed by atoms with Gasteiger partial charge < -0.3 is 0 Å². The molecule has 0 aromatic heterocycles. The van der Waals surface area contributed by atoms with E-state index in [9.17, 15) is 0 Å². The molecule has 0 aliphatic heterocycles. The van der Waals surface area contributed by atoms with E-state index in [1.807, 2.05) is 11.1 Å². The molecule has 0 saturated heterocycles. The first kappa shape index (κ1) is 9.45. The summed E-state index contributed by atoms with van der Waals surface area (Å²) < 4.78 is 0. The first-order valence-electron chi connectivity index (χ1n) is 6.46. The summed E-state index contributed by atoms with van der Waals surface area (Å²) in [5, 5.41) is 0. The number of fused-ring (bicyclic) bond motifs is 2. The fourth-order valence-corrected chi connectivity index (χ4v) is 3.45. The second-order valence-corrected chi connectivity index (χ2v) is 5.35. The van der Waals surface area contributed by atoms with Crippen LogP contribution in [0.15, 0.2) is 35.5 Å². The average molecular weight is 200 g/mol. The quantitative estimate of drug-likeness (QED) is 0.508. The van der Waals surface area contributed by atoms with Crippen LogP contribution in [0.4, 0.5) is 0 Å². The Hall–Kier alpha value is -0.780. The summed E-state index contributed by atoms with van der Waals surface area (Å²) in [5.74, 6) is 1.66. The highest BCUT2D eigenvalue weighted by molar-refractivity contribution is 5.24. The van der Waals surface area contributed by atoms with Gasteiger partial charge in [-0.2, -0.15) is 0 Å². The van der Waals surface area contributed by atoms with E-state index in [1.165, 1.54) is 44.9 Å². The monoisotopic (exact) mass is 200 g/mol. The molecule has 0 heterocycles. The number of hydrogen-bond acceptors (Lipinski definition) is 0. The van der Waals surface area contributed by atoms with E-state index in [0.717, 1.165) is 11.8 Å². The van der Waals surface area contributed by atoms with Crippen molar-refractivity contribution in [3.63, 3.8) is 0 Å². The molecule has 0 aromatic rings. The lowest BCUT2D eigenvalue weighted by atomic mass is 9.86. The maximum absolute atomic E-state index is 2.43. The van der Waals surface area contributed by atoms with Crippen LogP contribution in [0.3, 0.4) is 0 Å². The SMILES string of the molecule is C1=CC2CC3=C(CCCC3)CC(C=C1)C2. The number of rotatable bonds is 0. The van der Waals surface area contributed by atoms with E-state index in [0.29, 0.717) is 0 Å². The topological polar surface area (TPSA) is 0 Å². The lowest BCUT2D eigenvalue weighted by Gasteiger charge is -2.20. The van der Waals surface area contributed by atoms with Crippen molar-refractivity contribution in [2.75, 3.05) is 0 Å². The Morgan fingerprint density at radius 2 is 1.33 bits per heavy atom. The predicted octanol–water partition coefficient (Wildman–Crippen LogP) is 4.40. The van der Waals surface area contributed by atoms with Gasteiger partial charge in [-0.25, -0.2) is 0 Å². The molecule has 0 heteroatoms. The third-order valence-electron chi connectivity index (χ3n) is 4.21. The fraction of sp³-hybridized carbons (Fsp3) is 0.600. The smallest absolute Gasteiger partial charge is 0.0187 e. The minimum Gasteiger partial charge on any atom is -0.0811 e. The molecular formula is C15H20. The van der Waals surface area contributed by atoms with Crippen LogP contribution in [-0.4, -0.2) is 0 Å². The lowest BCUT2D eigenvalue weighted by Crippen LogP contribution is -2.01. The van der Waals surface area contributed by atoms with Crippen molar-refractivity contribution in [3.05, 3.63) is 35.5 Å². The highest BCUT2D eigenvalue weighted by Crippen LogP contribution is 2.40. The molecule has 0 spiro atoms. The third-order valence-corrected chi connectivity index (χ3v) is 4.21. The van der Waals surface area contributed by atoms with Gasteiger partial charge in [-0.3, -0.25) is 0 Å². The van der Waals surface area contributed by atoms with Crippen molar-refractivity contribution in [3.8, 4) is 0 Å². The number of allylic oxidation sites excluding steroid dienone is 6. The zero-order valence-electron chi connectivity index (χ0n) is 9.41. The Balaban J connectivity index is 1.90. The summed E-state index contributed by atoms with van der Waals surface area (Å²) in [5.41, 5.74) is 3.66. The van der Waals surface area contributed by atoms with E-state index < -0.39 is 0 Å². The fourth-order valence-electron chi connectivity index (χ4n) is 3.45. The Kier molecular flexibility index (Phi) is 2.52. The van der Waals surface area contributed by atoms with Gasteiger partial charge in [0, 0.05) is 0 Å². The van der Waals surface area contributed by atoms with Crippen LogP contribution in [0.2, 0.25) is 0 Å². The second-order valence-electron chi connectivity index (χ2n) is 5.35. The standard InChI is InChI=1S/C15H20/c1-2-6-13-9-12(5-1)10-14-7-3-4-8-15(14)11-13/h1-2,5-6,12-13H,3-4,7-11H2. The second kappa shape index (κ2) is 4.00. The van der Waals surface area contributed by atoms with Gasteiger partial charge in [0.25, 0.3) is 0 Å². The van der Waals surface area contributed by atoms with Crippen LogP contribution in [0, 0.1) is 11.8 Å². The average Bonchev–Trinajstić information content (AvgIpc) is 2.57. The van der Waals surface area contributed by atoms with E-state index in [2.05, 4.69) is 24.3 Å². The van der Waals surface area contributed by atoms with Crippen molar-refractivity contribution < 1.29 is 0 Å². The summed E-state index contributed by atoms with van der Waals surface area (Å²) in [6.45, 7) is 0. The molecule has 0 N–H and O–H groups in total. The molecule has 0 radical (unpaired) electrons. The van der Waals surface area contributed by atoms with Crippen molar-refractivity contribution in [2.24, 2.45) is 11.8 Å². The summed E-state index contributed by atoms with van der Waals surface area (Å²) in [6, 6.07) is 0. The lowest BCUT2D eigenvalue weighted by molar-refractivity contribution is 0.498. The van der Waals surface area contributed by atoms with Gasteiger partial charge in [0.2, 0.25) is 0 Å². The Morgan fingerprint density at radius 1 is 0.800 bits per heavy atom. The summed E-state index contributed by atoms with van der Waals surface area (Å²) >= 11 is 0. The molecular weight excluding hydrogens is 180 g/mol. The largest absolute Gasteiger partial charge is 0.0811 e. The van der Waals surface area contributed by atoms with Gasteiger partial charge in [0.1, 0.15) is 0 Å². The number of hydrogen-bond donors (Lipinski definition) is 0. The first-order chi connectivity index (χ1) is 7.42. The summed E-state index contributed by atoms with van der Waals surface area (Å²) in [6.07, 6.45) is 19.2. The zero-order valence-corrected chi connectivity index (χ0v) is 9.41. The molecule has 2 bridgehead atoms. The Labute approximate surface area is 92.8 Å². The molecule has 0 fully saturated rings. The molecule has 15 heavy (non-hydrogen) atoms. The molecule has 0 nitrogen and oxygen atoms in total. The van der Waals surface area contributed by atoms with Crippen molar-refractivity contribution in [2.45, 2.75) is 44.9 Å². The van der Waals surface area contributed by atoms with Gasteiger partial charge in [-0.1, -0.05) is 35.5 Å². The predicted molar refractivity (Wildman–Crippen MR) is 64.6 cm³/mol. The molecule has 2 unspecified atom stereocenters.